The summed E-state index contributed by atoms with van der Waals surface area (Å²) in [6.07, 6.45) is 2.37. The number of carboxylic acid groups (broad SMARTS) is 1. The highest BCUT2D eigenvalue weighted by Gasteiger charge is 2.48. The van der Waals surface area contributed by atoms with E-state index in [-0.39, 0.29) is 42.4 Å². The molecule has 33 heavy (non-hydrogen) atoms. The summed E-state index contributed by atoms with van der Waals surface area (Å²) in [6.45, 7) is 0.111. The number of aliphatic carboxylic acids is 1. The van der Waals surface area contributed by atoms with Crippen molar-refractivity contribution in [3.05, 3.63) is 58.6 Å². The molecular formula is C23H28BClF2N2O4. The number of carbonyl (C=O) groups is 1. The molecule has 0 saturated heterocycles. The van der Waals surface area contributed by atoms with Crippen molar-refractivity contribution < 1.29 is 28.7 Å². The first-order valence-corrected chi connectivity index (χ1v) is 11.3. The maximum absolute atomic E-state index is 14.6. The van der Waals surface area contributed by atoms with Crippen LogP contribution in [0.1, 0.15) is 37.7 Å². The summed E-state index contributed by atoms with van der Waals surface area (Å²) < 4.78 is 29.3. The fourth-order valence-electron chi connectivity index (χ4n) is 4.27. The number of halogens is 3. The Hall–Kier alpha value is -2.04. The average molecular weight is 481 g/mol. The second kappa shape index (κ2) is 10.9. The Kier molecular flexibility index (Phi) is 8.47. The van der Waals surface area contributed by atoms with Crippen molar-refractivity contribution in [1.82, 2.24) is 5.32 Å². The van der Waals surface area contributed by atoms with Crippen LogP contribution in [0.5, 0.6) is 0 Å². The Morgan fingerprint density at radius 1 is 1.12 bits per heavy atom. The zero-order chi connectivity index (χ0) is 24.2. The topological polar surface area (TPSA) is 116 Å². The van der Waals surface area contributed by atoms with Gasteiger partial charge in [0, 0.05) is 28.7 Å². The van der Waals surface area contributed by atoms with Crippen LogP contribution < -0.4 is 11.1 Å². The molecule has 0 aliphatic heterocycles. The van der Waals surface area contributed by atoms with Crippen LogP contribution in [0.2, 0.25) is 11.3 Å². The largest absolute Gasteiger partial charge is 0.480 e. The van der Waals surface area contributed by atoms with E-state index in [0.29, 0.717) is 36.3 Å². The average Bonchev–Trinajstić information content (AvgIpc) is 2.73. The molecule has 10 heteroatoms. The molecule has 0 spiro atoms. The molecule has 178 valence electrons. The number of hydrogen-bond donors (Lipinski definition) is 5. The van der Waals surface area contributed by atoms with E-state index < -0.39 is 30.3 Å². The van der Waals surface area contributed by atoms with Crippen LogP contribution in [0, 0.1) is 17.6 Å². The van der Waals surface area contributed by atoms with Gasteiger partial charge >= 0.3 is 13.1 Å². The van der Waals surface area contributed by atoms with E-state index in [1.54, 1.807) is 24.3 Å². The van der Waals surface area contributed by atoms with E-state index in [1.165, 1.54) is 12.1 Å². The molecule has 6 nitrogen and oxygen atoms in total. The van der Waals surface area contributed by atoms with Crippen LogP contribution in [0.15, 0.2) is 36.4 Å². The van der Waals surface area contributed by atoms with Gasteiger partial charge in [0.25, 0.3) is 0 Å². The van der Waals surface area contributed by atoms with E-state index >= 15 is 0 Å². The minimum Gasteiger partial charge on any atom is -0.480 e. The number of benzene rings is 2. The SMILES string of the molecule is NC(CCCCB(O)O)(C(=O)O)[C@H]1C[C@@H](NCc2ccc(-c3ccc(Cl)cc3)c(F)c2F)C1. The Balaban J connectivity index is 1.55. The van der Waals surface area contributed by atoms with Crippen molar-refractivity contribution in [1.29, 1.82) is 0 Å². The molecule has 1 saturated carbocycles. The van der Waals surface area contributed by atoms with Crippen molar-refractivity contribution in [2.45, 2.75) is 56.5 Å². The van der Waals surface area contributed by atoms with Crippen LogP contribution in [-0.2, 0) is 11.3 Å². The van der Waals surface area contributed by atoms with Crippen LogP contribution >= 0.6 is 11.6 Å². The Bertz CT molecular complexity index is 974. The summed E-state index contributed by atoms with van der Waals surface area (Å²) in [5, 5.41) is 31.1. The smallest absolute Gasteiger partial charge is 0.451 e. The molecule has 3 rings (SSSR count). The van der Waals surface area contributed by atoms with Gasteiger partial charge in [0.2, 0.25) is 0 Å². The number of rotatable bonds is 11. The summed E-state index contributed by atoms with van der Waals surface area (Å²) in [7, 11) is -1.41. The zero-order valence-corrected chi connectivity index (χ0v) is 18.9. The first-order valence-electron chi connectivity index (χ1n) is 11.0. The Labute approximate surface area is 196 Å². The summed E-state index contributed by atoms with van der Waals surface area (Å²) in [5.41, 5.74) is 5.66. The molecule has 1 unspecified atom stereocenters. The second-order valence-corrected chi connectivity index (χ2v) is 9.16. The predicted octanol–water partition coefficient (Wildman–Crippen LogP) is 3.58. The number of unbranched alkanes of at least 4 members (excludes halogenated alkanes) is 1. The zero-order valence-electron chi connectivity index (χ0n) is 18.1. The highest BCUT2D eigenvalue weighted by molar-refractivity contribution is 6.40. The summed E-state index contributed by atoms with van der Waals surface area (Å²) >= 11 is 5.85. The van der Waals surface area contributed by atoms with Gasteiger partial charge in [-0.15, -0.1) is 0 Å². The molecule has 2 aromatic rings. The van der Waals surface area contributed by atoms with E-state index in [1.807, 2.05) is 0 Å². The normalized spacial score (nSPS) is 19.6. The van der Waals surface area contributed by atoms with Gasteiger partial charge in [0.15, 0.2) is 11.6 Å². The molecular weight excluding hydrogens is 453 g/mol. The lowest BCUT2D eigenvalue weighted by molar-refractivity contribution is -0.148. The van der Waals surface area contributed by atoms with Gasteiger partial charge in [-0.3, -0.25) is 4.79 Å². The number of nitrogens with one attached hydrogen (secondary N) is 1. The maximum Gasteiger partial charge on any atom is 0.451 e. The van der Waals surface area contributed by atoms with Gasteiger partial charge in [0.1, 0.15) is 5.54 Å². The molecule has 1 aliphatic rings. The molecule has 6 N–H and O–H groups in total. The fraction of sp³-hybridized carbons (Fsp3) is 0.435. The molecule has 2 aromatic carbocycles. The molecule has 0 aromatic heterocycles. The third-order valence-electron chi connectivity index (χ3n) is 6.47. The molecule has 1 atom stereocenters. The van der Waals surface area contributed by atoms with Crippen LogP contribution in [-0.4, -0.2) is 39.8 Å². The molecule has 0 radical (unpaired) electrons. The lowest BCUT2D eigenvalue weighted by atomic mass is 9.66. The third-order valence-corrected chi connectivity index (χ3v) is 6.72. The Morgan fingerprint density at radius 2 is 1.79 bits per heavy atom. The first kappa shape index (κ1) is 25.6. The molecule has 1 aliphatic carbocycles. The summed E-state index contributed by atoms with van der Waals surface area (Å²) in [6, 6.07) is 9.49. The molecule has 0 amide bonds. The van der Waals surface area contributed by atoms with Crippen molar-refractivity contribution >= 4 is 24.7 Å². The van der Waals surface area contributed by atoms with Crippen LogP contribution in [0.4, 0.5) is 8.78 Å². The summed E-state index contributed by atoms with van der Waals surface area (Å²) in [4.78, 5) is 11.8. The standard InChI is InChI=1S/C23H28BClF2N2O4/c25-17-6-3-14(4-7-17)19-8-5-15(20(26)21(19)27)13-29-18-11-16(12-18)23(28,22(30)31)9-1-2-10-24(32)33/h3-8,16,18,29,32-33H,1-2,9-13,28H2,(H,30,31)/t16-,18+,23?. The highest BCUT2D eigenvalue weighted by atomic mass is 35.5. The fourth-order valence-corrected chi connectivity index (χ4v) is 4.39. The number of carboxylic acids is 1. The molecule has 1 fully saturated rings. The lowest BCUT2D eigenvalue weighted by Crippen LogP contribution is -2.61. The lowest BCUT2D eigenvalue weighted by Gasteiger charge is -2.45. The maximum atomic E-state index is 14.6. The summed E-state index contributed by atoms with van der Waals surface area (Å²) in [5.74, 6) is -3.18. The van der Waals surface area contributed by atoms with Crippen LogP contribution in [0.3, 0.4) is 0 Å². The number of hydrogen-bond acceptors (Lipinski definition) is 5. The molecule has 0 bridgehead atoms. The van der Waals surface area contributed by atoms with Crippen molar-refractivity contribution in [3.8, 4) is 11.1 Å². The van der Waals surface area contributed by atoms with E-state index in [0.717, 1.165) is 0 Å². The molecule has 0 heterocycles. The Morgan fingerprint density at radius 3 is 2.39 bits per heavy atom. The predicted molar refractivity (Wildman–Crippen MR) is 124 cm³/mol. The van der Waals surface area contributed by atoms with Crippen molar-refractivity contribution in [3.63, 3.8) is 0 Å². The van der Waals surface area contributed by atoms with E-state index in [2.05, 4.69) is 5.32 Å². The van der Waals surface area contributed by atoms with Gasteiger partial charge in [-0.2, -0.15) is 0 Å². The monoisotopic (exact) mass is 480 g/mol. The second-order valence-electron chi connectivity index (χ2n) is 8.73. The first-order chi connectivity index (χ1) is 15.6. The van der Waals surface area contributed by atoms with Crippen molar-refractivity contribution in [2.75, 3.05) is 0 Å². The van der Waals surface area contributed by atoms with Gasteiger partial charge in [-0.05, 0) is 49.2 Å². The minimum atomic E-state index is -1.41. The minimum absolute atomic E-state index is 0.0464. The van der Waals surface area contributed by atoms with E-state index in [9.17, 15) is 18.7 Å². The van der Waals surface area contributed by atoms with Gasteiger partial charge in [-0.25, -0.2) is 8.78 Å². The van der Waals surface area contributed by atoms with E-state index in [4.69, 9.17) is 27.4 Å². The quantitative estimate of drug-likeness (QED) is 0.248. The van der Waals surface area contributed by atoms with Crippen molar-refractivity contribution in [2.24, 2.45) is 11.7 Å². The van der Waals surface area contributed by atoms with Gasteiger partial charge in [-0.1, -0.05) is 48.7 Å². The van der Waals surface area contributed by atoms with Crippen LogP contribution in [0.25, 0.3) is 11.1 Å². The third kappa shape index (κ3) is 6.10. The van der Waals surface area contributed by atoms with Gasteiger partial charge in [0.05, 0.1) is 0 Å². The highest BCUT2D eigenvalue weighted by Crippen LogP contribution is 2.38. The van der Waals surface area contributed by atoms with Gasteiger partial charge < -0.3 is 26.2 Å². The number of nitrogens with two attached hydrogens (primary N) is 1.